The Kier molecular flexibility index (Phi) is 6.46. The Hall–Kier alpha value is -3.32. The summed E-state index contributed by atoms with van der Waals surface area (Å²) in [4.78, 5) is 17.1. The predicted octanol–water partition coefficient (Wildman–Crippen LogP) is 5.88. The minimum Gasteiger partial charge on any atom is -0.493 e. The van der Waals surface area contributed by atoms with Crippen LogP contribution in [0.25, 0.3) is 21.5 Å². The second-order valence-corrected chi connectivity index (χ2v) is 8.90. The minimum absolute atomic E-state index is 0.535. The molecular formula is C25H26N2O4S. The van der Waals surface area contributed by atoms with Crippen molar-refractivity contribution in [2.45, 2.75) is 33.2 Å². The van der Waals surface area contributed by atoms with Gasteiger partial charge in [-0.1, -0.05) is 0 Å². The molecule has 0 saturated carbocycles. The van der Waals surface area contributed by atoms with E-state index >= 15 is 0 Å². The topological polar surface area (TPSA) is 73.6 Å². The Labute approximate surface area is 191 Å². The number of aryl methyl sites for hydroxylation is 2. The summed E-state index contributed by atoms with van der Waals surface area (Å²) < 4.78 is 13.4. The smallest absolute Gasteiger partial charge is 0.326 e. The number of nitrogens with zero attached hydrogens (tertiary/aromatic N) is 2. The maximum atomic E-state index is 11.2. The number of carbonyl (C=O) groups is 1. The number of aliphatic carboxylic acids is 1. The maximum Gasteiger partial charge on any atom is 0.326 e. The van der Waals surface area contributed by atoms with Crippen LogP contribution in [0.5, 0.6) is 11.5 Å². The normalized spacial score (nSPS) is 12.1. The molecule has 0 radical (unpaired) electrons. The molecule has 0 saturated heterocycles. The summed E-state index contributed by atoms with van der Waals surface area (Å²) >= 11 is 1.70. The van der Waals surface area contributed by atoms with E-state index in [1.54, 1.807) is 29.0 Å². The number of ether oxygens (including phenoxy) is 2. The number of fused-ring (bicyclic) bond motifs is 1. The van der Waals surface area contributed by atoms with Gasteiger partial charge in [-0.25, -0.2) is 9.78 Å². The average Bonchev–Trinajstić information content (AvgIpc) is 3.36. The highest BCUT2D eigenvalue weighted by Gasteiger charge is 2.15. The fourth-order valence-electron chi connectivity index (χ4n) is 3.42. The van der Waals surface area contributed by atoms with Crippen molar-refractivity contribution in [1.29, 1.82) is 0 Å². The second kappa shape index (κ2) is 9.44. The molecule has 4 rings (SSSR count). The number of benzene rings is 2. The van der Waals surface area contributed by atoms with Crippen LogP contribution < -0.4 is 9.47 Å². The molecule has 0 aliphatic carbocycles. The average molecular weight is 451 g/mol. The largest absolute Gasteiger partial charge is 0.493 e. The van der Waals surface area contributed by atoms with Gasteiger partial charge >= 0.3 is 5.97 Å². The molecule has 2 heterocycles. The molecule has 32 heavy (non-hydrogen) atoms. The quantitative estimate of drug-likeness (QED) is 0.323. The molecule has 2 aromatic carbocycles. The van der Waals surface area contributed by atoms with E-state index in [-0.39, 0.29) is 0 Å². The third kappa shape index (κ3) is 4.78. The van der Waals surface area contributed by atoms with E-state index in [4.69, 9.17) is 9.47 Å². The van der Waals surface area contributed by atoms with Crippen molar-refractivity contribution in [3.05, 3.63) is 65.3 Å². The van der Waals surface area contributed by atoms with Gasteiger partial charge in [-0.15, -0.1) is 11.3 Å². The first kappa shape index (κ1) is 21.9. The number of rotatable bonds is 9. The molecule has 1 atom stereocenters. The van der Waals surface area contributed by atoms with Crippen LogP contribution in [0.2, 0.25) is 0 Å². The van der Waals surface area contributed by atoms with E-state index in [2.05, 4.69) is 11.9 Å². The zero-order chi connectivity index (χ0) is 22.7. The summed E-state index contributed by atoms with van der Waals surface area (Å²) in [5, 5.41) is 11.2. The molecule has 1 unspecified atom stereocenters. The lowest BCUT2D eigenvalue weighted by Crippen LogP contribution is -2.14. The van der Waals surface area contributed by atoms with Crippen molar-refractivity contribution in [3.8, 4) is 22.1 Å². The van der Waals surface area contributed by atoms with E-state index in [1.807, 2.05) is 55.5 Å². The fraction of sp³-hybridized carbons (Fsp3) is 0.280. The summed E-state index contributed by atoms with van der Waals surface area (Å²) in [6.45, 7) is 6.88. The molecule has 0 spiro atoms. The molecule has 1 N–H and O–H groups in total. The van der Waals surface area contributed by atoms with E-state index < -0.39 is 12.0 Å². The molecule has 0 amide bonds. The lowest BCUT2D eigenvalue weighted by atomic mass is 10.2. The second-order valence-electron chi connectivity index (χ2n) is 7.69. The summed E-state index contributed by atoms with van der Waals surface area (Å²) in [6.07, 6.45) is 2.55. The van der Waals surface area contributed by atoms with Crippen molar-refractivity contribution >= 4 is 28.2 Å². The SMILES string of the molecule is Cc1nc(-c2ccc(OCCCOc3ccc4c(ccn4C(C)C(=O)O)c3)cc2)sc1C. The van der Waals surface area contributed by atoms with Crippen molar-refractivity contribution in [2.24, 2.45) is 0 Å². The van der Waals surface area contributed by atoms with Gasteiger partial charge in [-0.3, -0.25) is 0 Å². The number of hydrogen-bond acceptors (Lipinski definition) is 5. The maximum absolute atomic E-state index is 11.2. The highest BCUT2D eigenvalue weighted by atomic mass is 32.1. The van der Waals surface area contributed by atoms with Crippen molar-refractivity contribution < 1.29 is 19.4 Å². The van der Waals surface area contributed by atoms with Crippen LogP contribution in [0.15, 0.2) is 54.7 Å². The zero-order valence-corrected chi connectivity index (χ0v) is 19.2. The van der Waals surface area contributed by atoms with Gasteiger partial charge in [0.25, 0.3) is 0 Å². The number of hydrogen-bond donors (Lipinski definition) is 1. The first-order chi connectivity index (χ1) is 15.4. The van der Waals surface area contributed by atoms with Crippen LogP contribution >= 0.6 is 11.3 Å². The van der Waals surface area contributed by atoms with Gasteiger partial charge in [0.15, 0.2) is 0 Å². The molecule has 0 bridgehead atoms. The third-order valence-electron chi connectivity index (χ3n) is 5.42. The lowest BCUT2D eigenvalue weighted by molar-refractivity contribution is -0.140. The zero-order valence-electron chi connectivity index (χ0n) is 18.4. The minimum atomic E-state index is -0.856. The van der Waals surface area contributed by atoms with Gasteiger partial charge in [-0.05, 0) is 69.3 Å². The van der Waals surface area contributed by atoms with Crippen LogP contribution in [0.3, 0.4) is 0 Å². The van der Waals surface area contributed by atoms with Crippen LogP contribution in [0.4, 0.5) is 0 Å². The monoisotopic (exact) mass is 450 g/mol. The van der Waals surface area contributed by atoms with Crippen LogP contribution in [0, 0.1) is 13.8 Å². The highest BCUT2D eigenvalue weighted by Crippen LogP contribution is 2.29. The molecule has 0 aliphatic heterocycles. The number of carboxylic acid groups (broad SMARTS) is 1. The molecule has 6 nitrogen and oxygen atoms in total. The predicted molar refractivity (Wildman–Crippen MR) is 127 cm³/mol. The van der Waals surface area contributed by atoms with Gasteiger partial charge in [-0.2, -0.15) is 0 Å². The molecule has 2 aromatic heterocycles. The van der Waals surface area contributed by atoms with Crippen molar-refractivity contribution in [3.63, 3.8) is 0 Å². The molecule has 7 heteroatoms. The summed E-state index contributed by atoms with van der Waals surface area (Å²) in [7, 11) is 0. The molecule has 4 aromatic rings. The Morgan fingerprint density at radius 1 is 1.06 bits per heavy atom. The molecule has 166 valence electrons. The third-order valence-corrected chi connectivity index (χ3v) is 6.54. The van der Waals surface area contributed by atoms with E-state index in [9.17, 15) is 9.90 Å². The van der Waals surface area contributed by atoms with E-state index in [1.165, 1.54) is 4.88 Å². The van der Waals surface area contributed by atoms with Gasteiger partial charge in [0.05, 0.1) is 18.9 Å². The summed E-state index contributed by atoms with van der Waals surface area (Å²) in [5.74, 6) is 0.733. The lowest BCUT2D eigenvalue weighted by Gasteiger charge is -2.11. The Balaban J connectivity index is 1.25. The van der Waals surface area contributed by atoms with Crippen molar-refractivity contribution in [2.75, 3.05) is 13.2 Å². The summed E-state index contributed by atoms with van der Waals surface area (Å²) in [6, 6.07) is 15.0. The highest BCUT2D eigenvalue weighted by molar-refractivity contribution is 7.15. The van der Waals surface area contributed by atoms with Gasteiger partial charge < -0.3 is 19.1 Å². The first-order valence-corrected chi connectivity index (χ1v) is 11.4. The standard InChI is InChI=1S/C25H26N2O4S/c1-16-18(3)32-24(26-16)19-5-7-21(8-6-19)30-13-4-14-31-22-9-10-23-20(15-22)11-12-27(23)17(2)25(28)29/h5-12,15,17H,4,13-14H2,1-3H3,(H,28,29). The van der Waals surface area contributed by atoms with Crippen LogP contribution in [-0.2, 0) is 4.79 Å². The van der Waals surface area contributed by atoms with Gasteiger partial charge in [0, 0.05) is 34.0 Å². The molecular weight excluding hydrogens is 424 g/mol. The fourth-order valence-corrected chi connectivity index (χ4v) is 4.34. The van der Waals surface area contributed by atoms with E-state index in [0.29, 0.717) is 13.2 Å². The van der Waals surface area contributed by atoms with Crippen LogP contribution in [0.1, 0.15) is 30.0 Å². The number of thiazole rings is 1. The summed E-state index contributed by atoms with van der Waals surface area (Å²) in [5.41, 5.74) is 3.06. The Morgan fingerprint density at radius 2 is 1.75 bits per heavy atom. The van der Waals surface area contributed by atoms with Crippen molar-refractivity contribution in [1.82, 2.24) is 9.55 Å². The Bertz CT molecular complexity index is 1210. The van der Waals surface area contributed by atoms with Crippen LogP contribution in [-0.4, -0.2) is 33.8 Å². The van der Waals surface area contributed by atoms with Gasteiger partial charge in [0.1, 0.15) is 22.5 Å². The number of aromatic nitrogens is 2. The number of carboxylic acids is 1. The van der Waals surface area contributed by atoms with E-state index in [0.717, 1.165) is 45.1 Å². The Morgan fingerprint density at radius 3 is 2.41 bits per heavy atom. The molecule has 0 aliphatic rings. The molecule has 0 fully saturated rings. The first-order valence-electron chi connectivity index (χ1n) is 10.6. The van der Waals surface area contributed by atoms with Gasteiger partial charge in [0.2, 0.25) is 0 Å².